The predicted octanol–water partition coefficient (Wildman–Crippen LogP) is 3.77. The number of allylic oxidation sites excluding steroid dienone is 2. The van der Waals surface area contributed by atoms with Crippen LogP contribution in [0.1, 0.15) is 25.3 Å². The Morgan fingerprint density at radius 3 is 2.35 bits per heavy atom. The van der Waals surface area contributed by atoms with E-state index in [0.29, 0.717) is 17.5 Å². The van der Waals surface area contributed by atoms with Crippen molar-refractivity contribution < 1.29 is 23.9 Å². The van der Waals surface area contributed by atoms with Crippen molar-refractivity contribution in [2.75, 3.05) is 16.3 Å². The zero-order valence-corrected chi connectivity index (χ0v) is 20.6. The van der Waals surface area contributed by atoms with E-state index in [9.17, 15) is 19.2 Å². The van der Waals surface area contributed by atoms with E-state index in [1.807, 2.05) is 31.2 Å². The van der Waals surface area contributed by atoms with Crippen LogP contribution in [-0.2, 0) is 25.6 Å². The van der Waals surface area contributed by atoms with E-state index in [2.05, 4.69) is 12.2 Å². The van der Waals surface area contributed by atoms with Crippen LogP contribution < -0.4 is 14.5 Å². The zero-order valence-electron chi connectivity index (χ0n) is 20.6. The van der Waals surface area contributed by atoms with Crippen molar-refractivity contribution >= 4 is 35.1 Å². The van der Waals surface area contributed by atoms with Gasteiger partial charge in [-0.25, -0.2) is 4.90 Å². The van der Waals surface area contributed by atoms with Crippen molar-refractivity contribution in [3.05, 3.63) is 66.2 Å². The first-order valence-corrected chi connectivity index (χ1v) is 13.2. The summed E-state index contributed by atoms with van der Waals surface area (Å²) in [4.78, 5) is 55.6. The van der Waals surface area contributed by atoms with Crippen molar-refractivity contribution in [2.24, 2.45) is 41.4 Å². The Balaban J connectivity index is 1.08. The van der Waals surface area contributed by atoms with Gasteiger partial charge in [-0.15, -0.1) is 0 Å². The van der Waals surface area contributed by atoms with Crippen molar-refractivity contribution in [3.8, 4) is 5.75 Å². The molecular weight excluding hydrogens is 468 g/mol. The molecule has 0 aromatic heterocycles. The van der Waals surface area contributed by atoms with E-state index in [0.717, 1.165) is 24.1 Å². The molecule has 6 aliphatic rings. The molecule has 2 bridgehead atoms. The number of para-hydroxylation sites is 1. The van der Waals surface area contributed by atoms with Crippen LogP contribution in [0.3, 0.4) is 0 Å². The molecule has 4 fully saturated rings. The number of rotatable bonds is 5. The van der Waals surface area contributed by atoms with Gasteiger partial charge in [-0.2, -0.15) is 0 Å². The maximum Gasteiger partial charge on any atom is 0.316 e. The maximum atomic E-state index is 13.4. The van der Waals surface area contributed by atoms with Crippen molar-refractivity contribution in [3.63, 3.8) is 0 Å². The van der Waals surface area contributed by atoms with Gasteiger partial charge >= 0.3 is 5.97 Å². The molecular formula is C30H28N2O5. The predicted molar refractivity (Wildman–Crippen MR) is 136 cm³/mol. The van der Waals surface area contributed by atoms with Crippen molar-refractivity contribution in [1.82, 2.24) is 0 Å². The summed E-state index contributed by atoms with van der Waals surface area (Å²) in [5.41, 5.74) is 2.32. The third-order valence-electron chi connectivity index (χ3n) is 9.08. The Labute approximate surface area is 215 Å². The molecule has 0 spiro atoms. The number of nitrogens with zero attached hydrogens (tertiary/aromatic N) is 2. The van der Waals surface area contributed by atoms with Crippen LogP contribution >= 0.6 is 0 Å². The molecule has 7 atom stereocenters. The Morgan fingerprint density at radius 1 is 0.946 bits per heavy atom. The smallest absolute Gasteiger partial charge is 0.316 e. The summed E-state index contributed by atoms with van der Waals surface area (Å²) in [6.45, 7) is 2.30. The number of hydrogen-bond donors (Lipinski definition) is 0. The number of imide groups is 1. The summed E-state index contributed by atoms with van der Waals surface area (Å²) >= 11 is 0. The van der Waals surface area contributed by atoms with Gasteiger partial charge in [0.2, 0.25) is 17.7 Å². The molecule has 4 aliphatic carbocycles. The Kier molecular flexibility index (Phi) is 4.94. The second-order valence-electron chi connectivity index (χ2n) is 11.0. The maximum absolute atomic E-state index is 13.4. The first-order chi connectivity index (χ1) is 18.0. The molecule has 0 radical (unpaired) electrons. The van der Waals surface area contributed by atoms with E-state index in [1.165, 1.54) is 4.90 Å². The molecule has 2 aromatic rings. The summed E-state index contributed by atoms with van der Waals surface area (Å²) < 4.78 is 5.68. The lowest BCUT2D eigenvalue weighted by molar-refractivity contribution is -0.139. The minimum absolute atomic E-state index is 0.0845. The topological polar surface area (TPSA) is 84.0 Å². The third-order valence-corrected chi connectivity index (χ3v) is 9.08. The highest BCUT2D eigenvalue weighted by atomic mass is 16.5. The summed E-state index contributed by atoms with van der Waals surface area (Å²) in [5, 5.41) is 0. The van der Waals surface area contributed by atoms with Crippen LogP contribution in [0.15, 0.2) is 60.7 Å². The highest BCUT2D eigenvalue weighted by Crippen LogP contribution is 2.65. The van der Waals surface area contributed by atoms with Gasteiger partial charge in [-0.1, -0.05) is 43.3 Å². The standard InChI is InChI=1S/C30H28N2O5/c1-2-16-6-3-4-9-24(16)31-15-17(12-25(31)33)30(36)37-19-8-5-7-18(13-19)32-28(34)26-20-10-11-21(23-14-22(20)23)27(26)29(32)35/h3-11,13,17,20-23,26-27H,2,12,14-15H2,1H3/t17-,20+,21+,22-,23+,26-,27+/m1/s1. The Morgan fingerprint density at radius 2 is 1.65 bits per heavy atom. The zero-order chi connectivity index (χ0) is 25.4. The molecule has 8 rings (SSSR count). The van der Waals surface area contributed by atoms with Crippen LogP contribution in [0.25, 0.3) is 0 Å². The number of aryl methyl sites for hydroxylation is 1. The average molecular weight is 497 g/mol. The lowest BCUT2D eigenvalue weighted by atomic mass is 9.63. The fraction of sp³-hybridized carbons (Fsp3) is 0.400. The number of ether oxygens (including phenoxy) is 1. The van der Waals surface area contributed by atoms with Gasteiger partial charge < -0.3 is 9.64 Å². The largest absolute Gasteiger partial charge is 0.426 e. The highest BCUT2D eigenvalue weighted by Gasteiger charge is 2.67. The number of hydrogen-bond acceptors (Lipinski definition) is 5. The first kappa shape index (κ1) is 22.5. The average Bonchev–Trinajstić information content (AvgIpc) is 3.59. The fourth-order valence-corrected chi connectivity index (χ4v) is 7.27. The number of benzene rings is 2. The monoisotopic (exact) mass is 496 g/mol. The molecule has 7 heteroatoms. The molecule has 0 N–H and O–H groups in total. The van der Waals surface area contributed by atoms with E-state index >= 15 is 0 Å². The summed E-state index contributed by atoms with van der Waals surface area (Å²) in [7, 11) is 0. The number of carbonyl (C=O) groups is 4. The van der Waals surface area contributed by atoms with E-state index < -0.39 is 11.9 Å². The minimum atomic E-state index is -0.590. The first-order valence-electron chi connectivity index (χ1n) is 13.2. The quantitative estimate of drug-likeness (QED) is 0.272. The fourth-order valence-electron chi connectivity index (χ4n) is 7.27. The lowest BCUT2D eigenvalue weighted by Gasteiger charge is -2.37. The van der Waals surface area contributed by atoms with Gasteiger partial charge in [0, 0.05) is 24.7 Å². The van der Waals surface area contributed by atoms with Gasteiger partial charge in [0.1, 0.15) is 5.75 Å². The van der Waals surface area contributed by atoms with Crippen LogP contribution in [-0.4, -0.2) is 30.2 Å². The van der Waals surface area contributed by atoms with Gasteiger partial charge in [-0.05, 0) is 60.3 Å². The van der Waals surface area contributed by atoms with E-state index in [4.69, 9.17) is 4.74 Å². The van der Waals surface area contributed by atoms with Gasteiger partial charge in [0.25, 0.3) is 0 Å². The summed E-state index contributed by atoms with van der Waals surface area (Å²) in [6.07, 6.45) is 6.29. The summed E-state index contributed by atoms with van der Waals surface area (Å²) in [5.74, 6) is -0.370. The normalized spacial score (nSPS) is 33.1. The molecule has 7 nitrogen and oxygen atoms in total. The second kappa shape index (κ2) is 8.13. The van der Waals surface area contributed by atoms with E-state index in [-0.39, 0.29) is 60.1 Å². The van der Waals surface area contributed by atoms with Gasteiger partial charge in [0.05, 0.1) is 23.4 Å². The third kappa shape index (κ3) is 3.32. The molecule has 2 aromatic carbocycles. The molecule has 2 heterocycles. The van der Waals surface area contributed by atoms with Crippen LogP contribution in [0.5, 0.6) is 5.75 Å². The molecule has 188 valence electrons. The molecule has 37 heavy (non-hydrogen) atoms. The molecule has 2 saturated heterocycles. The van der Waals surface area contributed by atoms with Crippen LogP contribution in [0, 0.1) is 41.4 Å². The molecule has 2 saturated carbocycles. The minimum Gasteiger partial charge on any atom is -0.426 e. The van der Waals surface area contributed by atoms with Crippen molar-refractivity contribution in [1.29, 1.82) is 0 Å². The highest BCUT2D eigenvalue weighted by molar-refractivity contribution is 6.22. The Hall–Kier alpha value is -3.74. The summed E-state index contributed by atoms with van der Waals surface area (Å²) in [6, 6.07) is 14.3. The number of anilines is 2. The van der Waals surface area contributed by atoms with Crippen molar-refractivity contribution in [2.45, 2.75) is 26.2 Å². The molecule has 0 unspecified atom stereocenters. The number of esters is 1. The van der Waals surface area contributed by atoms with E-state index in [1.54, 1.807) is 29.2 Å². The van der Waals surface area contributed by atoms with Gasteiger partial charge in [-0.3, -0.25) is 19.2 Å². The lowest BCUT2D eigenvalue weighted by Crippen LogP contribution is -2.40. The number of carbonyl (C=O) groups excluding carboxylic acids is 4. The van der Waals surface area contributed by atoms with Gasteiger partial charge in [0.15, 0.2) is 0 Å². The van der Waals surface area contributed by atoms with Crippen LogP contribution in [0.4, 0.5) is 11.4 Å². The second-order valence-corrected chi connectivity index (χ2v) is 11.0. The Bertz CT molecular complexity index is 1350. The number of amides is 3. The van der Waals surface area contributed by atoms with Crippen LogP contribution in [0.2, 0.25) is 0 Å². The molecule has 3 amide bonds. The SMILES string of the molecule is CCc1ccccc1N1C[C@H](C(=O)Oc2cccc(N3C(=O)[C@@H]4[C@H]5C=C[C@@H]([C@@H]6C[C@H]56)[C@@H]4C3=O)c2)CC1=O. The molecule has 2 aliphatic heterocycles.